The molecule has 0 radical (unpaired) electrons. The summed E-state index contributed by atoms with van der Waals surface area (Å²) in [6, 6.07) is 0. The highest BCUT2D eigenvalue weighted by molar-refractivity contribution is 5.71. The number of esters is 3. The molecule has 0 unspecified atom stereocenters. The fourth-order valence-corrected chi connectivity index (χ4v) is 7.67. The second kappa shape index (κ2) is 56.9. The van der Waals surface area contributed by atoms with Crippen molar-refractivity contribution in [3.63, 3.8) is 0 Å². The Morgan fingerprint density at radius 2 is 0.536 bits per heavy atom. The zero-order chi connectivity index (χ0) is 50.0. The van der Waals surface area contributed by atoms with Crippen molar-refractivity contribution in [2.75, 3.05) is 13.2 Å². The van der Waals surface area contributed by atoms with E-state index < -0.39 is 6.10 Å². The van der Waals surface area contributed by atoms with Crippen molar-refractivity contribution in [2.45, 2.75) is 271 Å². The zero-order valence-electron chi connectivity index (χ0n) is 45.0. The molecule has 0 rings (SSSR count). The molecule has 0 fully saturated rings. The van der Waals surface area contributed by atoms with E-state index in [-0.39, 0.29) is 37.5 Å². The van der Waals surface area contributed by atoms with Crippen LogP contribution in [0.2, 0.25) is 0 Å². The Morgan fingerprint density at radius 3 is 0.928 bits per heavy atom. The lowest BCUT2D eigenvalue weighted by Crippen LogP contribution is -2.30. The Balaban J connectivity index is 4.51. The second-order valence-electron chi connectivity index (χ2n) is 18.8. The molecule has 0 aliphatic carbocycles. The minimum absolute atomic E-state index is 0.115. The monoisotopic (exact) mass is 959 g/mol. The van der Waals surface area contributed by atoms with Gasteiger partial charge in [-0.2, -0.15) is 0 Å². The number of carbonyl (C=O) groups is 3. The van der Waals surface area contributed by atoms with Crippen molar-refractivity contribution >= 4 is 17.9 Å². The lowest BCUT2D eigenvalue weighted by molar-refractivity contribution is -0.167. The van der Waals surface area contributed by atoms with Crippen molar-refractivity contribution < 1.29 is 28.6 Å². The first-order valence-corrected chi connectivity index (χ1v) is 28.7. The summed E-state index contributed by atoms with van der Waals surface area (Å²) in [5.41, 5.74) is 0. The largest absolute Gasteiger partial charge is 0.462 e. The number of carbonyl (C=O) groups excluding carboxylic acids is 3. The van der Waals surface area contributed by atoms with Gasteiger partial charge in [0.25, 0.3) is 0 Å². The molecule has 6 nitrogen and oxygen atoms in total. The van der Waals surface area contributed by atoms with E-state index in [1.165, 1.54) is 141 Å². The van der Waals surface area contributed by atoms with Crippen LogP contribution in [0.4, 0.5) is 0 Å². The molecule has 0 bridgehead atoms. The number of unbranched alkanes of at least 4 members (excludes halogenated alkanes) is 24. The molecule has 0 aliphatic heterocycles. The molecule has 0 N–H and O–H groups in total. The Hall–Kier alpha value is -3.67. The lowest BCUT2D eigenvalue weighted by Gasteiger charge is -2.18. The predicted octanol–water partition coefficient (Wildman–Crippen LogP) is 19.3. The molecule has 0 saturated heterocycles. The third kappa shape index (κ3) is 55.1. The van der Waals surface area contributed by atoms with Gasteiger partial charge in [-0.25, -0.2) is 0 Å². The van der Waals surface area contributed by atoms with Crippen molar-refractivity contribution in [1.29, 1.82) is 0 Å². The number of hydrogen-bond donors (Lipinski definition) is 0. The van der Waals surface area contributed by atoms with Crippen LogP contribution in [0, 0.1) is 0 Å². The number of hydrogen-bond acceptors (Lipinski definition) is 6. The topological polar surface area (TPSA) is 78.9 Å². The fourth-order valence-electron chi connectivity index (χ4n) is 7.67. The maximum atomic E-state index is 12.9. The van der Waals surface area contributed by atoms with Gasteiger partial charge in [-0.1, -0.05) is 221 Å². The highest BCUT2D eigenvalue weighted by Crippen LogP contribution is 2.14. The third-order valence-electron chi connectivity index (χ3n) is 12.0. The van der Waals surface area contributed by atoms with Crippen LogP contribution in [-0.2, 0) is 28.6 Å². The van der Waals surface area contributed by atoms with Crippen LogP contribution in [0.5, 0.6) is 0 Å². The van der Waals surface area contributed by atoms with Crippen molar-refractivity contribution in [3.05, 3.63) is 97.2 Å². The summed E-state index contributed by atoms with van der Waals surface area (Å²) in [6.45, 7) is 6.50. The minimum Gasteiger partial charge on any atom is -0.462 e. The van der Waals surface area contributed by atoms with Crippen LogP contribution >= 0.6 is 0 Å². The van der Waals surface area contributed by atoms with Crippen LogP contribution in [0.1, 0.15) is 265 Å². The summed E-state index contributed by atoms with van der Waals surface area (Å²) in [5.74, 6) is -1.00. The molecular weight excluding hydrogens is 853 g/mol. The van der Waals surface area contributed by atoms with E-state index in [0.717, 1.165) is 77.0 Å². The van der Waals surface area contributed by atoms with Crippen molar-refractivity contribution in [3.8, 4) is 0 Å². The first-order chi connectivity index (χ1) is 34.0. The third-order valence-corrected chi connectivity index (χ3v) is 12.0. The van der Waals surface area contributed by atoms with Crippen LogP contribution in [0.3, 0.4) is 0 Å². The minimum atomic E-state index is -0.817. The van der Waals surface area contributed by atoms with Gasteiger partial charge < -0.3 is 14.2 Å². The normalized spacial score (nSPS) is 12.8. The standard InChI is InChI=1S/C63H106O6/c1-4-7-10-13-16-19-22-25-28-30-31-33-36-39-42-45-48-51-54-57-63(66)69-60(58-67-61(64)55-52-49-46-43-40-37-34-27-24-21-18-15-12-9-6-3)59-68-62(65)56-53-50-47-44-41-38-35-32-29-26-23-20-17-14-11-8-5-2/h16,18-19,21,25-29,34-35,38,40,43-44,47,60H,4-15,17,20,22-24,30-33,36-37,39,41-42,45-46,48-59H2,1-3H3/b19-16-,21-18-,28-25-,29-26-,34-27-,38-35-,43-40-,47-44-/t60-/m1/s1. The zero-order valence-corrected chi connectivity index (χ0v) is 45.0. The van der Waals surface area contributed by atoms with Crippen LogP contribution in [-0.4, -0.2) is 37.2 Å². The number of allylic oxidation sites excluding steroid dienone is 16. The molecule has 0 aliphatic rings. The van der Waals surface area contributed by atoms with Gasteiger partial charge in [0.2, 0.25) is 0 Å². The van der Waals surface area contributed by atoms with Crippen LogP contribution < -0.4 is 0 Å². The van der Waals surface area contributed by atoms with E-state index in [4.69, 9.17) is 14.2 Å². The molecule has 0 heterocycles. The van der Waals surface area contributed by atoms with Crippen molar-refractivity contribution in [1.82, 2.24) is 0 Å². The van der Waals surface area contributed by atoms with Gasteiger partial charge in [0, 0.05) is 19.3 Å². The van der Waals surface area contributed by atoms with E-state index in [1.807, 2.05) is 0 Å². The van der Waals surface area contributed by atoms with Gasteiger partial charge in [-0.05, 0) is 122 Å². The van der Waals surface area contributed by atoms with Gasteiger partial charge in [0.15, 0.2) is 6.10 Å². The summed E-state index contributed by atoms with van der Waals surface area (Å²) in [4.78, 5) is 38.1. The average molecular weight is 960 g/mol. The second-order valence-corrected chi connectivity index (χ2v) is 18.8. The molecule has 0 spiro atoms. The molecule has 69 heavy (non-hydrogen) atoms. The van der Waals surface area contributed by atoms with Gasteiger partial charge >= 0.3 is 17.9 Å². The maximum Gasteiger partial charge on any atom is 0.306 e. The Morgan fingerprint density at radius 1 is 0.290 bits per heavy atom. The Kier molecular flexibility index (Phi) is 53.9. The van der Waals surface area contributed by atoms with Gasteiger partial charge in [0.1, 0.15) is 13.2 Å². The maximum absolute atomic E-state index is 12.9. The highest BCUT2D eigenvalue weighted by atomic mass is 16.6. The van der Waals surface area contributed by atoms with Crippen LogP contribution in [0.15, 0.2) is 97.2 Å². The van der Waals surface area contributed by atoms with Gasteiger partial charge in [0.05, 0.1) is 0 Å². The number of rotatable bonds is 51. The molecule has 0 aromatic heterocycles. The van der Waals surface area contributed by atoms with E-state index in [2.05, 4.69) is 118 Å². The fraction of sp³-hybridized carbons (Fsp3) is 0.698. The van der Waals surface area contributed by atoms with Gasteiger partial charge in [-0.15, -0.1) is 0 Å². The Labute approximate surface area is 426 Å². The van der Waals surface area contributed by atoms with E-state index in [0.29, 0.717) is 19.3 Å². The summed E-state index contributed by atoms with van der Waals surface area (Å²) in [7, 11) is 0. The van der Waals surface area contributed by atoms with Crippen molar-refractivity contribution in [2.24, 2.45) is 0 Å². The van der Waals surface area contributed by atoms with E-state index >= 15 is 0 Å². The lowest BCUT2D eigenvalue weighted by atomic mass is 10.1. The van der Waals surface area contributed by atoms with Crippen LogP contribution in [0.25, 0.3) is 0 Å². The smallest absolute Gasteiger partial charge is 0.306 e. The summed E-state index contributed by atoms with van der Waals surface area (Å²) < 4.78 is 16.8. The quantitative estimate of drug-likeness (QED) is 0.0262. The molecule has 0 aromatic rings. The average Bonchev–Trinajstić information content (AvgIpc) is 3.35. The molecule has 6 heteroatoms. The highest BCUT2D eigenvalue weighted by Gasteiger charge is 2.19. The molecule has 0 saturated carbocycles. The summed E-state index contributed by atoms with van der Waals surface area (Å²) in [5, 5.41) is 0. The van der Waals surface area contributed by atoms with E-state index in [1.54, 1.807) is 0 Å². The SMILES string of the molecule is CCCCC/C=C\C/C=C\C/C=C\CCCCC(=O)OC[C@H](COC(=O)CCC/C=C\C/C=C\C/C=C\CCCCCCCC)OC(=O)CCCCCCCCCCC/C=C\C/C=C\CCCCC. The number of ether oxygens (including phenoxy) is 3. The molecule has 1 atom stereocenters. The summed E-state index contributed by atoms with van der Waals surface area (Å²) >= 11 is 0. The molecule has 0 aromatic carbocycles. The molecule has 0 amide bonds. The Bertz CT molecular complexity index is 1380. The molecule has 394 valence electrons. The first-order valence-electron chi connectivity index (χ1n) is 28.7. The first kappa shape index (κ1) is 65.3. The molecular formula is C63H106O6. The predicted molar refractivity (Wildman–Crippen MR) is 297 cm³/mol. The van der Waals surface area contributed by atoms with Gasteiger partial charge in [-0.3, -0.25) is 14.4 Å². The summed E-state index contributed by atoms with van der Waals surface area (Å²) in [6.07, 6.45) is 75.4. The van der Waals surface area contributed by atoms with E-state index in [9.17, 15) is 14.4 Å².